The van der Waals surface area contributed by atoms with E-state index < -0.39 is 25.1 Å². The van der Waals surface area contributed by atoms with Gasteiger partial charge in [0.05, 0.1) is 0 Å². The summed E-state index contributed by atoms with van der Waals surface area (Å²) in [6.07, 6.45) is 0. The molecule has 70 valence electrons. The molecule has 0 aliphatic heterocycles. The van der Waals surface area contributed by atoms with Gasteiger partial charge in [-0.15, -0.1) is 0 Å². The van der Waals surface area contributed by atoms with E-state index in [4.69, 9.17) is 15.2 Å². The van der Waals surface area contributed by atoms with Crippen LogP contribution in [0.1, 0.15) is 0 Å². The third-order valence-corrected chi connectivity index (χ3v) is 1.11. The zero-order valence-corrected chi connectivity index (χ0v) is 12.7. The van der Waals surface area contributed by atoms with Crippen molar-refractivity contribution >= 4 is 15.2 Å². The van der Waals surface area contributed by atoms with Crippen LogP contribution in [0.5, 0.6) is 0 Å². The van der Waals surface area contributed by atoms with Crippen LogP contribution in [-0.2, 0) is 0 Å². The van der Waals surface area contributed by atoms with Gasteiger partial charge in [0, 0.05) is 0 Å². The van der Waals surface area contributed by atoms with Crippen LogP contribution in [0.4, 0.5) is 0 Å². The van der Waals surface area contributed by atoms with Gasteiger partial charge in [-0.05, 0) is 0 Å². The molecule has 0 atom stereocenters. The fourth-order valence-electron chi connectivity index (χ4n) is 0.642. The summed E-state index contributed by atoms with van der Waals surface area (Å²) in [6.45, 7) is 0. The molecule has 0 unspecified atom stereocenters. The predicted octanol–water partition coefficient (Wildman–Crippen LogP) is 4.19. The number of rotatable bonds is 0. The fraction of sp³-hybridized carbons (Fsp3) is 0. The number of hydrogen-bond acceptors (Lipinski definition) is 0. The van der Waals surface area contributed by atoms with E-state index in [2.05, 4.69) is 0 Å². The first-order valence-electron chi connectivity index (χ1n) is 3.71. The summed E-state index contributed by atoms with van der Waals surface area (Å²) >= 11 is -1.06. The summed E-state index contributed by atoms with van der Waals surface area (Å²) in [5.74, 6) is 0. The Bertz CT molecular complexity index is 165. The molecule has 0 spiro atoms. The number of halogens is 2. The van der Waals surface area contributed by atoms with E-state index in [0.29, 0.717) is 0 Å². The van der Waals surface area contributed by atoms with E-state index in [1.54, 1.807) is 0 Å². The molecular weight excluding hydrogens is 429 g/mol. The normalized spacial score (nSPS) is 6.92. The van der Waals surface area contributed by atoms with E-state index in [1.807, 2.05) is 60.7 Å². The van der Waals surface area contributed by atoms with Crippen LogP contribution in [0.15, 0.2) is 60.7 Å². The molecule has 0 saturated carbocycles. The van der Waals surface area contributed by atoms with Gasteiger partial charge in [0.25, 0.3) is 0 Å². The Kier molecular flexibility index (Phi) is 12.6. The minimum absolute atomic E-state index is 1.06. The van der Waals surface area contributed by atoms with Crippen molar-refractivity contribution < 1.29 is 25.1 Å². The topological polar surface area (TPSA) is 0 Å². The Hall–Kier alpha value is 0.332. The smallest absolute Gasteiger partial charge is 0.172 e. The summed E-state index contributed by atoms with van der Waals surface area (Å²) in [4.78, 5) is 0. The van der Waals surface area contributed by atoms with Gasteiger partial charge in [0.1, 0.15) is 0 Å². The summed E-state index contributed by atoms with van der Waals surface area (Å²) in [5, 5.41) is 0. The van der Waals surface area contributed by atoms with E-state index in [1.165, 1.54) is 0 Å². The van der Waals surface area contributed by atoms with Crippen molar-refractivity contribution in [3.63, 3.8) is 0 Å². The molecule has 0 bridgehead atoms. The molecule has 0 aliphatic carbocycles. The molecule has 2 aromatic rings. The maximum absolute atomic E-state index is 4.97. The predicted molar refractivity (Wildman–Crippen MR) is 55.8 cm³/mol. The van der Waals surface area contributed by atoms with Gasteiger partial charge in [-0.3, -0.25) is 0 Å². The van der Waals surface area contributed by atoms with E-state index >= 15 is 0 Å². The van der Waals surface area contributed by atoms with Crippen molar-refractivity contribution in [3.8, 4) is 0 Å². The molecule has 0 radical (unpaired) electrons. The van der Waals surface area contributed by atoms with Crippen molar-refractivity contribution in [2.45, 2.75) is 0 Å². The van der Waals surface area contributed by atoms with Crippen LogP contribution >= 0.6 is 15.2 Å². The van der Waals surface area contributed by atoms with E-state index in [-0.39, 0.29) is 0 Å². The molecular formula is C10H10Cl2U-2. The zero-order valence-electron chi connectivity index (χ0n) is 7.03. The molecule has 0 heterocycles. The van der Waals surface area contributed by atoms with Gasteiger partial charge in [-0.25, -0.2) is 24.3 Å². The van der Waals surface area contributed by atoms with E-state index in [9.17, 15) is 0 Å². The van der Waals surface area contributed by atoms with Crippen LogP contribution in [-0.4, -0.2) is 0 Å². The van der Waals surface area contributed by atoms with Crippen molar-refractivity contribution in [2.24, 2.45) is 0 Å². The van der Waals surface area contributed by atoms with Crippen LogP contribution in [0.3, 0.4) is 0 Å². The van der Waals surface area contributed by atoms with Crippen LogP contribution in [0.2, 0.25) is 0 Å². The largest absolute Gasteiger partial charge is 0.214 e. The standard InChI is InChI=1S/2C5H5.2ClH.U/c2*1-2-4-5-3-1;;;/h2*1-5H;2*1H;/q2*-1;;;+2/p-2. The van der Waals surface area contributed by atoms with Gasteiger partial charge in [-0.1, -0.05) is 0 Å². The van der Waals surface area contributed by atoms with Crippen LogP contribution in [0, 0.1) is 25.1 Å². The molecule has 0 fully saturated rings. The first-order valence-corrected chi connectivity index (χ1v) is 13.9. The summed E-state index contributed by atoms with van der Waals surface area (Å²) in [7, 11) is 9.95. The first-order chi connectivity index (χ1) is 6.41. The minimum atomic E-state index is -1.06. The molecule has 0 nitrogen and oxygen atoms in total. The average Bonchev–Trinajstić information content (AvgIpc) is 2.85. The molecule has 0 saturated heterocycles. The minimum Gasteiger partial charge on any atom is -0.214 e. The summed E-state index contributed by atoms with van der Waals surface area (Å²) in [6, 6.07) is 20.0. The van der Waals surface area contributed by atoms with Gasteiger partial charge in [0.15, 0.2) is 0 Å². The van der Waals surface area contributed by atoms with Gasteiger partial charge in [-0.2, -0.15) is 36.4 Å². The number of hydrogen-bond donors (Lipinski definition) is 0. The molecule has 13 heavy (non-hydrogen) atoms. The van der Waals surface area contributed by atoms with Gasteiger partial charge >= 0.3 is 40.3 Å². The molecule has 0 aromatic heterocycles. The molecule has 0 aliphatic rings. The Morgan fingerprint density at radius 3 is 1.00 bits per heavy atom. The van der Waals surface area contributed by atoms with Crippen LogP contribution < -0.4 is 0 Å². The second-order valence-corrected chi connectivity index (χ2v) is 7.92. The Labute approximate surface area is 100 Å². The molecule has 2 rings (SSSR count). The fourth-order valence-corrected chi connectivity index (χ4v) is 0.642. The van der Waals surface area contributed by atoms with Crippen molar-refractivity contribution in [2.75, 3.05) is 0 Å². The maximum atomic E-state index is 4.97. The van der Waals surface area contributed by atoms with Gasteiger partial charge < -0.3 is 0 Å². The molecule has 0 amide bonds. The molecule has 2 aromatic carbocycles. The third kappa shape index (κ3) is 12.3. The Morgan fingerprint density at radius 1 is 0.692 bits per heavy atom. The summed E-state index contributed by atoms with van der Waals surface area (Å²) < 4.78 is 0. The molecule has 0 N–H and O–H groups in total. The second kappa shape index (κ2) is 12.3. The molecule has 3 heteroatoms. The quantitative estimate of drug-likeness (QED) is 0.541. The SMILES string of the molecule is [Cl][U][Cl].c1cc[cH-]c1.c1cc[cH-]c1. The monoisotopic (exact) mass is 438 g/mol. The Balaban J connectivity index is 0.000000174. The van der Waals surface area contributed by atoms with Crippen molar-refractivity contribution in [1.29, 1.82) is 0 Å². The second-order valence-electron chi connectivity index (χ2n) is 2.00. The Morgan fingerprint density at radius 2 is 0.923 bits per heavy atom. The van der Waals surface area contributed by atoms with Crippen molar-refractivity contribution in [1.82, 2.24) is 0 Å². The van der Waals surface area contributed by atoms with Crippen molar-refractivity contribution in [3.05, 3.63) is 60.7 Å². The average molecular weight is 439 g/mol. The third-order valence-electron chi connectivity index (χ3n) is 1.11. The van der Waals surface area contributed by atoms with Crippen LogP contribution in [0.25, 0.3) is 0 Å². The summed E-state index contributed by atoms with van der Waals surface area (Å²) in [5.41, 5.74) is 0. The zero-order chi connectivity index (χ0) is 9.78. The first kappa shape index (κ1) is 13.3. The van der Waals surface area contributed by atoms with Gasteiger partial charge in [0.2, 0.25) is 0 Å². The van der Waals surface area contributed by atoms with E-state index in [0.717, 1.165) is 0 Å². The maximum Gasteiger partial charge on any atom is -0.172 e.